The molecule has 2 nitrogen and oxygen atoms in total. The number of benzene rings is 2. The quantitative estimate of drug-likeness (QED) is 0.803. The van der Waals surface area contributed by atoms with Gasteiger partial charge >= 0.3 is 5.97 Å². The number of rotatable bonds is 3. The smallest absolute Gasteiger partial charge is 0.339 e. The molecule has 0 amide bonds. The molecule has 0 atom stereocenters. The molecule has 0 aromatic heterocycles. The van der Waals surface area contributed by atoms with E-state index in [1.54, 1.807) is 0 Å². The van der Waals surface area contributed by atoms with Crippen LogP contribution in [0, 0.1) is 5.82 Å². The Morgan fingerprint density at radius 3 is 2.56 bits per heavy atom. The summed E-state index contributed by atoms with van der Waals surface area (Å²) >= 11 is 3.13. The molecule has 18 heavy (non-hydrogen) atoms. The lowest BCUT2D eigenvalue weighted by atomic mass is 10.2. The van der Waals surface area contributed by atoms with Crippen molar-refractivity contribution >= 4 is 21.9 Å². The van der Waals surface area contributed by atoms with Crippen LogP contribution in [0.15, 0.2) is 53.0 Å². The highest BCUT2D eigenvalue weighted by Gasteiger charge is 2.12. The predicted molar refractivity (Wildman–Crippen MR) is 69.7 cm³/mol. The maximum absolute atomic E-state index is 12.9. The summed E-state index contributed by atoms with van der Waals surface area (Å²) in [7, 11) is 0. The first kappa shape index (κ1) is 12.8. The minimum Gasteiger partial charge on any atom is -0.457 e. The van der Waals surface area contributed by atoms with E-state index < -0.39 is 11.8 Å². The first-order valence-electron chi connectivity index (χ1n) is 5.33. The Hall–Kier alpha value is -1.68. The molecular weight excluding hydrogens is 299 g/mol. The summed E-state index contributed by atoms with van der Waals surface area (Å²) in [4.78, 5) is 11.8. The van der Waals surface area contributed by atoms with Gasteiger partial charge < -0.3 is 4.74 Å². The third-order valence-corrected chi connectivity index (χ3v) is 3.02. The Labute approximate surface area is 113 Å². The average Bonchev–Trinajstić information content (AvgIpc) is 2.37. The molecule has 2 aromatic rings. The van der Waals surface area contributed by atoms with Crippen molar-refractivity contribution in [3.05, 3.63) is 69.9 Å². The zero-order chi connectivity index (χ0) is 13.0. The summed E-state index contributed by atoms with van der Waals surface area (Å²) < 4.78 is 18.4. The lowest BCUT2D eigenvalue weighted by Gasteiger charge is -2.06. The van der Waals surface area contributed by atoms with Gasteiger partial charge in [0.1, 0.15) is 12.4 Å². The van der Waals surface area contributed by atoms with Crippen molar-refractivity contribution in [1.82, 2.24) is 0 Å². The monoisotopic (exact) mass is 308 g/mol. The van der Waals surface area contributed by atoms with Crippen LogP contribution in [0.1, 0.15) is 15.9 Å². The summed E-state index contributed by atoms with van der Waals surface area (Å²) in [5.74, 6) is -0.882. The van der Waals surface area contributed by atoms with Crippen LogP contribution in [0.25, 0.3) is 0 Å². The summed E-state index contributed by atoms with van der Waals surface area (Å²) in [6.07, 6.45) is 0. The first-order chi connectivity index (χ1) is 8.66. The molecule has 0 radical (unpaired) electrons. The third kappa shape index (κ3) is 3.17. The normalized spacial score (nSPS) is 10.1. The maximum Gasteiger partial charge on any atom is 0.339 e. The minimum atomic E-state index is -0.481. The van der Waals surface area contributed by atoms with Crippen molar-refractivity contribution in [3.8, 4) is 0 Å². The Bertz CT molecular complexity index is 555. The molecule has 0 heterocycles. The number of carbonyl (C=O) groups is 1. The highest BCUT2D eigenvalue weighted by atomic mass is 79.9. The Kier molecular flexibility index (Phi) is 4.10. The minimum absolute atomic E-state index is 0.198. The second-order valence-corrected chi connectivity index (χ2v) is 4.54. The third-order valence-electron chi connectivity index (χ3n) is 2.36. The summed E-state index contributed by atoms with van der Waals surface area (Å²) in [6.45, 7) is 0.198. The van der Waals surface area contributed by atoms with Gasteiger partial charge in [-0.1, -0.05) is 30.3 Å². The van der Waals surface area contributed by atoms with E-state index in [4.69, 9.17) is 4.74 Å². The number of ether oxygens (including phenoxy) is 1. The van der Waals surface area contributed by atoms with Crippen molar-refractivity contribution < 1.29 is 13.9 Å². The van der Waals surface area contributed by atoms with Gasteiger partial charge in [0.2, 0.25) is 0 Å². The van der Waals surface area contributed by atoms with Crippen molar-refractivity contribution in [2.75, 3.05) is 0 Å². The van der Waals surface area contributed by atoms with Crippen LogP contribution in [0.4, 0.5) is 4.39 Å². The fourth-order valence-corrected chi connectivity index (χ4v) is 1.97. The molecule has 4 heteroatoms. The summed E-state index contributed by atoms with van der Waals surface area (Å²) in [5.41, 5.74) is 1.22. The van der Waals surface area contributed by atoms with Gasteiger partial charge in [-0.3, -0.25) is 0 Å². The van der Waals surface area contributed by atoms with E-state index >= 15 is 0 Å². The zero-order valence-corrected chi connectivity index (χ0v) is 11.0. The van der Waals surface area contributed by atoms with Crippen molar-refractivity contribution in [3.63, 3.8) is 0 Å². The largest absolute Gasteiger partial charge is 0.457 e. The lowest BCUT2D eigenvalue weighted by molar-refractivity contribution is 0.0471. The van der Waals surface area contributed by atoms with E-state index in [9.17, 15) is 9.18 Å². The van der Waals surface area contributed by atoms with E-state index in [0.717, 1.165) is 5.56 Å². The molecule has 0 aliphatic carbocycles. The molecule has 0 aliphatic heterocycles. The van der Waals surface area contributed by atoms with E-state index in [1.807, 2.05) is 30.3 Å². The van der Waals surface area contributed by atoms with Gasteiger partial charge in [0.05, 0.1) is 5.56 Å². The molecule has 0 saturated heterocycles. The SMILES string of the molecule is O=C(OCc1ccccc1)c1ccc(F)cc1Br. The van der Waals surface area contributed by atoms with E-state index in [1.165, 1.54) is 18.2 Å². The molecule has 0 unspecified atom stereocenters. The molecule has 0 saturated carbocycles. The highest BCUT2D eigenvalue weighted by Crippen LogP contribution is 2.19. The standard InChI is InChI=1S/C14H10BrFO2/c15-13-8-11(16)6-7-12(13)14(17)18-9-10-4-2-1-3-5-10/h1-8H,9H2. The van der Waals surface area contributed by atoms with Crippen LogP contribution >= 0.6 is 15.9 Å². The van der Waals surface area contributed by atoms with E-state index in [-0.39, 0.29) is 6.61 Å². The fraction of sp³-hybridized carbons (Fsp3) is 0.0714. The van der Waals surface area contributed by atoms with Gasteiger partial charge in [-0.15, -0.1) is 0 Å². The molecule has 2 aromatic carbocycles. The molecule has 2 rings (SSSR count). The molecule has 0 N–H and O–H groups in total. The summed E-state index contributed by atoms with van der Waals surface area (Å²) in [6, 6.07) is 13.2. The Balaban J connectivity index is 2.04. The molecule has 0 fully saturated rings. The van der Waals surface area contributed by atoms with Gasteiger partial charge in [-0.25, -0.2) is 9.18 Å². The van der Waals surface area contributed by atoms with Crippen molar-refractivity contribution in [1.29, 1.82) is 0 Å². The van der Waals surface area contributed by atoms with Crippen LogP contribution < -0.4 is 0 Å². The van der Waals surface area contributed by atoms with Crippen molar-refractivity contribution in [2.24, 2.45) is 0 Å². The topological polar surface area (TPSA) is 26.3 Å². The Morgan fingerprint density at radius 1 is 1.17 bits per heavy atom. The Morgan fingerprint density at radius 2 is 1.89 bits per heavy atom. The zero-order valence-electron chi connectivity index (χ0n) is 9.40. The van der Waals surface area contributed by atoms with Crippen LogP contribution in [-0.2, 0) is 11.3 Å². The van der Waals surface area contributed by atoms with Gasteiger partial charge in [-0.2, -0.15) is 0 Å². The van der Waals surface area contributed by atoms with E-state index in [0.29, 0.717) is 10.0 Å². The average molecular weight is 309 g/mol. The molecule has 0 bridgehead atoms. The maximum atomic E-state index is 12.9. The van der Waals surface area contributed by atoms with E-state index in [2.05, 4.69) is 15.9 Å². The van der Waals surface area contributed by atoms with Crippen LogP contribution in [-0.4, -0.2) is 5.97 Å². The number of esters is 1. The van der Waals surface area contributed by atoms with Crippen LogP contribution in [0.5, 0.6) is 0 Å². The molecule has 92 valence electrons. The van der Waals surface area contributed by atoms with Gasteiger partial charge in [0.15, 0.2) is 0 Å². The first-order valence-corrected chi connectivity index (χ1v) is 6.12. The van der Waals surface area contributed by atoms with Gasteiger partial charge in [-0.05, 0) is 39.7 Å². The van der Waals surface area contributed by atoms with Crippen molar-refractivity contribution in [2.45, 2.75) is 6.61 Å². The fourth-order valence-electron chi connectivity index (χ4n) is 1.46. The van der Waals surface area contributed by atoms with Gasteiger partial charge in [0, 0.05) is 4.47 Å². The number of hydrogen-bond acceptors (Lipinski definition) is 2. The number of hydrogen-bond donors (Lipinski definition) is 0. The molecular formula is C14H10BrFO2. The van der Waals surface area contributed by atoms with Crippen LogP contribution in [0.3, 0.4) is 0 Å². The lowest BCUT2D eigenvalue weighted by Crippen LogP contribution is -2.06. The number of carbonyl (C=O) groups excluding carboxylic acids is 1. The van der Waals surface area contributed by atoms with Crippen LogP contribution in [0.2, 0.25) is 0 Å². The molecule has 0 spiro atoms. The second-order valence-electron chi connectivity index (χ2n) is 3.69. The van der Waals surface area contributed by atoms with Gasteiger partial charge in [0.25, 0.3) is 0 Å². The highest BCUT2D eigenvalue weighted by molar-refractivity contribution is 9.10. The predicted octanol–water partition coefficient (Wildman–Crippen LogP) is 3.95. The summed E-state index contributed by atoms with van der Waals surface area (Å²) in [5, 5.41) is 0. The second kappa shape index (κ2) is 5.78. The molecule has 0 aliphatic rings. The number of halogens is 2.